The van der Waals surface area contributed by atoms with Crippen molar-refractivity contribution in [2.24, 2.45) is 5.41 Å². The first-order valence-electron chi connectivity index (χ1n) is 10.7. The van der Waals surface area contributed by atoms with Crippen LogP contribution in [0.5, 0.6) is 0 Å². The molecule has 0 rings (SSSR count). The second kappa shape index (κ2) is 17.2. The molecule has 0 fully saturated rings. The lowest BCUT2D eigenvalue weighted by Gasteiger charge is -2.31. The molecule has 152 valence electrons. The van der Waals surface area contributed by atoms with Crippen molar-refractivity contribution in [2.75, 3.05) is 65.6 Å². The molecular formula is C20H47N5. The number of rotatable bonds is 19. The van der Waals surface area contributed by atoms with Crippen LogP contribution < -0.4 is 21.3 Å². The highest BCUT2D eigenvalue weighted by molar-refractivity contribution is 4.82. The SMILES string of the molecule is CCCNCC(C)(CNCCC)CNCCNCN(CCC)CCC. The summed E-state index contributed by atoms with van der Waals surface area (Å²) in [7, 11) is 0. The van der Waals surface area contributed by atoms with E-state index in [0.29, 0.717) is 0 Å². The summed E-state index contributed by atoms with van der Waals surface area (Å²) in [6.45, 7) is 22.2. The minimum absolute atomic E-state index is 0.265. The van der Waals surface area contributed by atoms with Crippen molar-refractivity contribution in [1.82, 2.24) is 26.2 Å². The van der Waals surface area contributed by atoms with Gasteiger partial charge in [-0.05, 0) is 51.9 Å². The van der Waals surface area contributed by atoms with Gasteiger partial charge in [0.15, 0.2) is 0 Å². The van der Waals surface area contributed by atoms with E-state index in [1.807, 2.05) is 0 Å². The van der Waals surface area contributed by atoms with E-state index in [0.717, 1.165) is 52.5 Å². The summed E-state index contributed by atoms with van der Waals surface area (Å²) >= 11 is 0. The molecule has 0 heterocycles. The van der Waals surface area contributed by atoms with Crippen LogP contribution in [0.2, 0.25) is 0 Å². The lowest BCUT2D eigenvalue weighted by molar-refractivity contribution is 0.249. The maximum Gasteiger partial charge on any atom is 0.0480 e. The lowest BCUT2D eigenvalue weighted by Crippen LogP contribution is -2.48. The number of hydrogen-bond donors (Lipinski definition) is 4. The molecule has 0 saturated carbocycles. The van der Waals surface area contributed by atoms with Crippen molar-refractivity contribution in [3.63, 3.8) is 0 Å². The Labute approximate surface area is 158 Å². The van der Waals surface area contributed by atoms with Crippen LogP contribution in [-0.2, 0) is 0 Å². The monoisotopic (exact) mass is 357 g/mol. The molecule has 0 atom stereocenters. The first-order valence-corrected chi connectivity index (χ1v) is 10.7. The zero-order valence-electron chi connectivity index (χ0n) is 17.8. The smallest absolute Gasteiger partial charge is 0.0480 e. The summed E-state index contributed by atoms with van der Waals surface area (Å²) in [5.74, 6) is 0. The molecule has 0 aromatic carbocycles. The normalized spacial score (nSPS) is 12.2. The van der Waals surface area contributed by atoms with Crippen LogP contribution in [0.4, 0.5) is 0 Å². The van der Waals surface area contributed by atoms with E-state index in [2.05, 4.69) is 60.8 Å². The summed E-state index contributed by atoms with van der Waals surface area (Å²) < 4.78 is 0. The molecule has 0 aromatic heterocycles. The summed E-state index contributed by atoms with van der Waals surface area (Å²) in [6.07, 6.45) is 4.85. The van der Waals surface area contributed by atoms with E-state index < -0.39 is 0 Å². The largest absolute Gasteiger partial charge is 0.316 e. The highest BCUT2D eigenvalue weighted by atomic mass is 15.2. The first-order chi connectivity index (χ1) is 12.1. The molecule has 25 heavy (non-hydrogen) atoms. The third-order valence-electron chi connectivity index (χ3n) is 4.40. The molecule has 0 aliphatic carbocycles. The predicted molar refractivity (Wildman–Crippen MR) is 112 cm³/mol. The third-order valence-corrected chi connectivity index (χ3v) is 4.40. The van der Waals surface area contributed by atoms with Crippen molar-refractivity contribution >= 4 is 0 Å². The van der Waals surface area contributed by atoms with Gasteiger partial charge in [0.2, 0.25) is 0 Å². The fourth-order valence-electron chi connectivity index (χ4n) is 3.03. The molecule has 0 aliphatic rings. The Morgan fingerprint density at radius 2 is 1.04 bits per heavy atom. The van der Waals surface area contributed by atoms with Crippen molar-refractivity contribution in [1.29, 1.82) is 0 Å². The Kier molecular flexibility index (Phi) is 17.1. The van der Waals surface area contributed by atoms with Gasteiger partial charge < -0.3 is 21.3 Å². The van der Waals surface area contributed by atoms with Crippen molar-refractivity contribution in [2.45, 2.75) is 60.3 Å². The van der Waals surface area contributed by atoms with Gasteiger partial charge in [-0.25, -0.2) is 0 Å². The lowest BCUT2D eigenvalue weighted by atomic mass is 9.90. The second-order valence-corrected chi connectivity index (χ2v) is 7.62. The van der Waals surface area contributed by atoms with Crippen LogP contribution in [0.25, 0.3) is 0 Å². The minimum atomic E-state index is 0.265. The van der Waals surface area contributed by atoms with Gasteiger partial charge in [0.05, 0.1) is 0 Å². The van der Waals surface area contributed by atoms with E-state index in [4.69, 9.17) is 0 Å². The molecule has 0 bridgehead atoms. The van der Waals surface area contributed by atoms with Crippen LogP contribution in [0.3, 0.4) is 0 Å². The average Bonchev–Trinajstić information content (AvgIpc) is 2.59. The van der Waals surface area contributed by atoms with Crippen LogP contribution in [0.15, 0.2) is 0 Å². The van der Waals surface area contributed by atoms with Crippen LogP contribution >= 0.6 is 0 Å². The van der Waals surface area contributed by atoms with Gasteiger partial charge in [0.1, 0.15) is 0 Å². The van der Waals surface area contributed by atoms with Gasteiger partial charge in [0, 0.05) is 44.8 Å². The standard InChI is InChI=1S/C20H47N5/c1-6-10-21-16-20(5,17-22-11-7-2)18-23-12-13-24-19-25(14-8-3)15-9-4/h21-24H,6-19H2,1-5H3. The Morgan fingerprint density at radius 1 is 0.600 bits per heavy atom. The molecule has 0 aliphatic heterocycles. The molecule has 0 amide bonds. The van der Waals surface area contributed by atoms with Crippen LogP contribution in [-0.4, -0.2) is 70.5 Å². The molecule has 4 N–H and O–H groups in total. The predicted octanol–water partition coefficient (Wildman–Crippen LogP) is 2.25. The Bertz CT molecular complexity index is 257. The Hall–Kier alpha value is -0.200. The van der Waals surface area contributed by atoms with Crippen molar-refractivity contribution in [3.8, 4) is 0 Å². The summed E-state index contributed by atoms with van der Waals surface area (Å²) in [5, 5.41) is 14.4. The van der Waals surface area contributed by atoms with E-state index >= 15 is 0 Å². The van der Waals surface area contributed by atoms with E-state index in [1.165, 1.54) is 38.8 Å². The van der Waals surface area contributed by atoms with Gasteiger partial charge in [-0.3, -0.25) is 4.90 Å². The second-order valence-electron chi connectivity index (χ2n) is 7.62. The van der Waals surface area contributed by atoms with E-state index in [1.54, 1.807) is 0 Å². The van der Waals surface area contributed by atoms with E-state index in [-0.39, 0.29) is 5.41 Å². The van der Waals surface area contributed by atoms with Crippen molar-refractivity contribution < 1.29 is 0 Å². The fraction of sp³-hybridized carbons (Fsp3) is 1.00. The quantitative estimate of drug-likeness (QED) is 0.211. The summed E-state index contributed by atoms with van der Waals surface area (Å²) in [5.41, 5.74) is 0.265. The Morgan fingerprint density at radius 3 is 1.48 bits per heavy atom. The van der Waals surface area contributed by atoms with Gasteiger partial charge in [-0.2, -0.15) is 0 Å². The maximum absolute atomic E-state index is 3.66. The van der Waals surface area contributed by atoms with Gasteiger partial charge >= 0.3 is 0 Å². The highest BCUT2D eigenvalue weighted by Gasteiger charge is 2.22. The molecule has 0 spiro atoms. The number of hydrogen-bond acceptors (Lipinski definition) is 5. The Balaban J connectivity index is 3.98. The molecule has 0 aromatic rings. The molecule has 0 radical (unpaired) electrons. The molecular weight excluding hydrogens is 310 g/mol. The van der Waals surface area contributed by atoms with Gasteiger partial charge in [-0.1, -0.05) is 34.6 Å². The third kappa shape index (κ3) is 14.6. The highest BCUT2D eigenvalue weighted by Crippen LogP contribution is 2.12. The number of nitrogens with zero attached hydrogens (tertiary/aromatic N) is 1. The van der Waals surface area contributed by atoms with Crippen LogP contribution in [0.1, 0.15) is 60.3 Å². The average molecular weight is 358 g/mol. The van der Waals surface area contributed by atoms with Crippen molar-refractivity contribution in [3.05, 3.63) is 0 Å². The topological polar surface area (TPSA) is 51.4 Å². The molecule has 5 heteroatoms. The number of nitrogens with one attached hydrogen (secondary N) is 4. The van der Waals surface area contributed by atoms with Gasteiger partial charge in [0.25, 0.3) is 0 Å². The maximum atomic E-state index is 3.66. The molecule has 5 nitrogen and oxygen atoms in total. The first kappa shape index (κ1) is 24.8. The fourth-order valence-corrected chi connectivity index (χ4v) is 3.03. The molecule has 0 unspecified atom stereocenters. The van der Waals surface area contributed by atoms with Crippen LogP contribution in [0, 0.1) is 5.41 Å². The zero-order chi connectivity index (χ0) is 18.8. The van der Waals surface area contributed by atoms with E-state index in [9.17, 15) is 0 Å². The summed E-state index contributed by atoms with van der Waals surface area (Å²) in [6, 6.07) is 0. The summed E-state index contributed by atoms with van der Waals surface area (Å²) in [4.78, 5) is 2.51. The molecule has 0 saturated heterocycles. The van der Waals surface area contributed by atoms with Gasteiger partial charge in [-0.15, -0.1) is 0 Å². The minimum Gasteiger partial charge on any atom is -0.316 e. The zero-order valence-corrected chi connectivity index (χ0v) is 17.8.